The smallest absolute Gasteiger partial charge is 0.138 e. The van der Waals surface area contributed by atoms with Gasteiger partial charge in [0.25, 0.3) is 0 Å². The van der Waals surface area contributed by atoms with Gasteiger partial charge in [-0.2, -0.15) is 0 Å². The van der Waals surface area contributed by atoms with Crippen molar-refractivity contribution in [3.8, 4) is 0 Å². The fraction of sp³-hybridized carbons (Fsp3) is 0.308. The zero-order valence-corrected chi connectivity index (χ0v) is 12.4. The van der Waals surface area contributed by atoms with Crippen LogP contribution in [0.5, 0.6) is 0 Å². The maximum Gasteiger partial charge on any atom is 0.138 e. The van der Waals surface area contributed by atoms with Crippen molar-refractivity contribution in [2.24, 2.45) is 0 Å². The summed E-state index contributed by atoms with van der Waals surface area (Å²) >= 11 is 3.31. The summed E-state index contributed by atoms with van der Waals surface area (Å²) in [7, 11) is 0. The minimum absolute atomic E-state index is 0.691. The largest absolute Gasteiger partial charge is 0.370 e. The van der Waals surface area contributed by atoms with Crippen LogP contribution in [0.15, 0.2) is 16.8 Å². The van der Waals surface area contributed by atoms with E-state index in [1.165, 1.54) is 0 Å². The molecule has 3 heterocycles. The summed E-state index contributed by atoms with van der Waals surface area (Å²) in [5.41, 5.74) is 1.04. The summed E-state index contributed by atoms with van der Waals surface area (Å²) in [6, 6.07) is 2.06. The van der Waals surface area contributed by atoms with Crippen molar-refractivity contribution < 1.29 is 0 Å². The molecule has 0 aliphatic rings. The van der Waals surface area contributed by atoms with E-state index >= 15 is 0 Å². The van der Waals surface area contributed by atoms with Gasteiger partial charge in [-0.3, -0.25) is 0 Å². The quantitative estimate of drug-likeness (QED) is 0.799. The SMILES string of the molecule is CCNc1nc(Cc2csc(C)n2)nc2sccc12. The van der Waals surface area contributed by atoms with Gasteiger partial charge >= 0.3 is 0 Å². The lowest BCUT2D eigenvalue weighted by Crippen LogP contribution is -2.04. The zero-order chi connectivity index (χ0) is 13.2. The third kappa shape index (κ3) is 2.59. The Labute approximate surface area is 119 Å². The predicted molar refractivity (Wildman–Crippen MR) is 81.2 cm³/mol. The molecule has 0 spiro atoms. The lowest BCUT2D eigenvalue weighted by molar-refractivity contribution is 0.958. The average molecular weight is 290 g/mol. The van der Waals surface area contributed by atoms with E-state index in [1.54, 1.807) is 22.7 Å². The molecule has 3 aromatic rings. The molecule has 0 radical (unpaired) electrons. The summed E-state index contributed by atoms with van der Waals surface area (Å²) in [5.74, 6) is 1.76. The van der Waals surface area contributed by atoms with Crippen LogP contribution >= 0.6 is 22.7 Å². The first-order chi connectivity index (χ1) is 9.26. The van der Waals surface area contributed by atoms with E-state index in [1.807, 2.05) is 6.92 Å². The van der Waals surface area contributed by atoms with E-state index in [0.717, 1.165) is 39.1 Å². The van der Waals surface area contributed by atoms with Crippen LogP contribution in [0.4, 0.5) is 5.82 Å². The second kappa shape index (κ2) is 5.22. The van der Waals surface area contributed by atoms with Crippen LogP contribution in [0.25, 0.3) is 10.2 Å². The number of hydrogen-bond donors (Lipinski definition) is 1. The van der Waals surface area contributed by atoms with Crippen molar-refractivity contribution in [1.82, 2.24) is 15.0 Å². The number of hydrogen-bond acceptors (Lipinski definition) is 6. The van der Waals surface area contributed by atoms with Gasteiger partial charge < -0.3 is 5.32 Å². The molecular formula is C13H14N4S2. The minimum Gasteiger partial charge on any atom is -0.370 e. The fourth-order valence-electron chi connectivity index (χ4n) is 1.93. The molecule has 0 amide bonds. The Hall–Kier alpha value is -1.53. The van der Waals surface area contributed by atoms with E-state index in [-0.39, 0.29) is 0 Å². The molecule has 6 heteroatoms. The molecule has 0 bridgehead atoms. The van der Waals surface area contributed by atoms with E-state index in [0.29, 0.717) is 6.42 Å². The van der Waals surface area contributed by atoms with E-state index in [4.69, 9.17) is 0 Å². The minimum atomic E-state index is 0.691. The molecule has 3 rings (SSSR count). The monoisotopic (exact) mass is 290 g/mol. The van der Waals surface area contributed by atoms with Crippen molar-refractivity contribution >= 4 is 38.7 Å². The standard InChI is InChI=1S/C13H14N4S2/c1-3-14-12-10-4-5-18-13(10)17-11(16-12)6-9-7-19-8(2)15-9/h4-5,7H,3,6H2,1-2H3,(H,14,16,17). The van der Waals surface area contributed by atoms with Crippen LogP contribution < -0.4 is 5.32 Å². The number of thiophene rings is 1. The number of nitrogens with zero attached hydrogens (tertiary/aromatic N) is 3. The van der Waals surface area contributed by atoms with Crippen LogP contribution in [0.2, 0.25) is 0 Å². The van der Waals surface area contributed by atoms with Crippen molar-refractivity contribution in [3.05, 3.63) is 33.4 Å². The Bertz CT molecular complexity index is 702. The summed E-state index contributed by atoms with van der Waals surface area (Å²) in [6.45, 7) is 4.95. The maximum absolute atomic E-state index is 4.62. The first kappa shape index (κ1) is 12.5. The highest BCUT2D eigenvalue weighted by atomic mass is 32.1. The number of fused-ring (bicyclic) bond motifs is 1. The molecule has 0 aliphatic carbocycles. The number of rotatable bonds is 4. The van der Waals surface area contributed by atoms with Crippen LogP contribution in [0, 0.1) is 6.92 Å². The van der Waals surface area contributed by atoms with Crippen molar-refractivity contribution in [2.75, 3.05) is 11.9 Å². The van der Waals surface area contributed by atoms with Gasteiger partial charge in [0.05, 0.1) is 22.5 Å². The van der Waals surface area contributed by atoms with Crippen molar-refractivity contribution in [2.45, 2.75) is 20.3 Å². The average Bonchev–Trinajstić information content (AvgIpc) is 2.99. The molecule has 4 nitrogen and oxygen atoms in total. The summed E-state index contributed by atoms with van der Waals surface area (Å²) in [4.78, 5) is 14.7. The zero-order valence-electron chi connectivity index (χ0n) is 10.8. The molecule has 0 fully saturated rings. The Morgan fingerprint density at radius 1 is 1.21 bits per heavy atom. The van der Waals surface area contributed by atoms with Gasteiger partial charge in [-0.25, -0.2) is 15.0 Å². The van der Waals surface area contributed by atoms with E-state index < -0.39 is 0 Å². The first-order valence-electron chi connectivity index (χ1n) is 6.15. The Balaban J connectivity index is 1.98. The first-order valence-corrected chi connectivity index (χ1v) is 7.91. The highest BCUT2D eigenvalue weighted by Crippen LogP contribution is 2.25. The highest BCUT2D eigenvalue weighted by Gasteiger charge is 2.10. The molecular weight excluding hydrogens is 276 g/mol. The molecule has 0 saturated carbocycles. The van der Waals surface area contributed by atoms with Gasteiger partial charge in [0.1, 0.15) is 16.5 Å². The highest BCUT2D eigenvalue weighted by molar-refractivity contribution is 7.16. The molecule has 3 aromatic heterocycles. The Morgan fingerprint density at radius 3 is 2.84 bits per heavy atom. The number of anilines is 1. The maximum atomic E-state index is 4.62. The van der Waals surface area contributed by atoms with Gasteiger partial charge in [-0.15, -0.1) is 22.7 Å². The van der Waals surface area contributed by atoms with Gasteiger partial charge in [0.2, 0.25) is 0 Å². The lowest BCUT2D eigenvalue weighted by atomic mass is 10.3. The van der Waals surface area contributed by atoms with Gasteiger partial charge in [0.15, 0.2) is 0 Å². The normalized spacial score (nSPS) is 11.1. The molecule has 0 atom stereocenters. The summed E-state index contributed by atoms with van der Waals surface area (Å²) in [6.07, 6.45) is 0.691. The molecule has 0 saturated heterocycles. The third-order valence-corrected chi connectivity index (χ3v) is 4.35. The van der Waals surface area contributed by atoms with Crippen LogP contribution in [-0.4, -0.2) is 21.5 Å². The Morgan fingerprint density at radius 2 is 2.11 bits per heavy atom. The van der Waals surface area contributed by atoms with Crippen LogP contribution in [0.3, 0.4) is 0 Å². The van der Waals surface area contributed by atoms with Crippen LogP contribution in [-0.2, 0) is 6.42 Å². The topological polar surface area (TPSA) is 50.7 Å². The molecule has 0 aliphatic heterocycles. The van der Waals surface area contributed by atoms with Gasteiger partial charge in [0, 0.05) is 11.9 Å². The molecule has 19 heavy (non-hydrogen) atoms. The third-order valence-electron chi connectivity index (χ3n) is 2.72. The van der Waals surface area contributed by atoms with Crippen LogP contribution in [0.1, 0.15) is 23.4 Å². The molecule has 0 unspecified atom stereocenters. The molecule has 98 valence electrons. The van der Waals surface area contributed by atoms with E-state index in [2.05, 4.69) is 44.0 Å². The number of aryl methyl sites for hydroxylation is 1. The second-order valence-electron chi connectivity index (χ2n) is 4.19. The number of aromatic nitrogens is 3. The van der Waals surface area contributed by atoms with Gasteiger partial charge in [-0.05, 0) is 25.3 Å². The fourth-order valence-corrected chi connectivity index (χ4v) is 3.33. The Kier molecular flexibility index (Phi) is 3.44. The molecule has 1 N–H and O–H groups in total. The second-order valence-corrected chi connectivity index (χ2v) is 6.15. The summed E-state index contributed by atoms with van der Waals surface area (Å²) < 4.78 is 0. The molecule has 0 aromatic carbocycles. The van der Waals surface area contributed by atoms with E-state index in [9.17, 15) is 0 Å². The number of nitrogens with one attached hydrogen (secondary N) is 1. The van der Waals surface area contributed by atoms with Crippen molar-refractivity contribution in [3.63, 3.8) is 0 Å². The summed E-state index contributed by atoms with van der Waals surface area (Å²) in [5, 5.41) is 9.62. The van der Waals surface area contributed by atoms with Crippen molar-refractivity contribution in [1.29, 1.82) is 0 Å². The predicted octanol–water partition coefficient (Wildman–Crippen LogP) is 3.48. The lowest BCUT2D eigenvalue weighted by Gasteiger charge is -2.06. The number of thiazole rings is 1. The van der Waals surface area contributed by atoms with Gasteiger partial charge in [-0.1, -0.05) is 0 Å².